The van der Waals surface area contributed by atoms with E-state index in [1.54, 1.807) is 0 Å². The van der Waals surface area contributed by atoms with Crippen LogP contribution < -0.4 is 5.32 Å². The van der Waals surface area contributed by atoms with E-state index in [-0.39, 0.29) is 0 Å². The average Bonchev–Trinajstić information content (AvgIpc) is 2.82. The Labute approximate surface area is 106 Å². The van der Waals surface area contributed by atoms with Crippen LogP contribution in [0.3, 0.4) is 0 Å². The predicted octanol–water partition coefficient (Wildman–Crippen LogP) is 1.88. The van der Waals surface area contributed by atoms with Crippen molar-refractivity contribution in [1.29, 1.82) is 0 Å². The zero-order chi connectivity index (χ0) is 12.1. The molecule has 0 bridgehead atoms. The first kappa shape index (κ1) is 13.3. The monoisotopic (exact) mass is 240 g/mol. The minimum absolute atomic E-state index is 0.568. The molecule has 1 unspecified atom stereocenters. The quantitative estimate of drug-likeness (QED) is 0.794. The molecular formula is C14H28N2O. The third-order valence-electron chi connectivity index (χ3n) is 4.16. The average molecular weight is 240 g/mol. The summed E-state index contributed by atoms with van der Waals surface area (Å²) in [6, 6.07) is 0.662. The smallest absolute Gasteiger partial charge is 0.0597 e. The molecule has 1 aliphatic carbocycles. The molecule has 1 aliphatic heterocycles. The molecule has 3 heteroatoms. The molecule has 0 radical (unpaired) electrons. The molecule has 0 amide bonds. The molecule has 2 aliphatic rings. The van der Waals surface area contributed by atoms with E-state index in [4.69, 9.17) is 4.74 Å². The molecule has 2 rings (SSSR count). The van der Waals surface area contributed by atoms with Gasteiger partial charge in [-0.3, -0.25) is 4.90 Å². The standard InChI is InChI=1S/C14H28N2O/c1-12(2)14-11-16(8-7-15-14)9-10-17-13-5-3-4-6-13/h12-15H,3-11H2,1-2H3. The predicted molar refractivity (Wildman–Crippen MR) is 71.3 cm³/mol. The maximum Gasteiger partial charge on any atom is 0.0597 e. The number of nitrogens with zero attached hydrogens (tertiary/aromatic N) is 1. The third kappa shape index (κ3) is 4.23. The van der Waals surface area contributed by atoms with Crippen LogP contribution in [0.4, 0.5) is 0 Å². The first-order valence-corrected chi connectivity index (χ1v) is 7.33. The van der Waals surface area contributed by atoms with Crippen molar-refractivity contribution >= 4 is 0 Å². The molecule has 1 atom stereocenters. The van der Waals surface area contributed by atoms with E-state index in [2.05, 4.69) is 24.1 Å². The molecule has 3 nitrogen and oxygen atoms in total. The summed E-state index contributed by atoms with van der Waals surface area (Å²) in [5.41, 5.74) is 0. The van der Waals surface area contributed by atoms with Gasteiger partial charge in [0.05, 0.1) is 12.7 Å². The van der Waals surface area contributed by atoms with Crippen LogP contribution in [0.5, 0.6) is 0 Å². The van der Waals surface area contributed by atoms with Crippen LogP contribution in [0.2, 0.25) is 0 Å². The van der Waals surface area contributed by atoms with Gasteiger partial charge in [-0.05, 0) is 18.8 Å². The van der Waals surface area contributed by atoms with Gasteiger partial charge in [0.2, 0.25) is 0 Å². The largest absolute Gasteiger partial charge is 0.377 e. The molecule has 2 fully saturated rings. The molecule has 0 spiro atoms. The van der Waals surface area contributed by atoms with E-state index in [0.29, 0.717) is 12.1 Å². The van der Waals surface area contributed by atoms with Gasteiger partial charge in [0.15, 0.2) is 0 Å². The SMILES string of the molecule is CC(C)C1CN(CCOC2CCCC2)CCN1. The van der Waals surface area contributed by atoms with E-state index < -0.39 is 0 Å². The Morgan fingerprint density at radius 2 is 2.06 bits per heavy atom. The fraction of sp³-hybridized carbons (Fsp3) is 1.00. The van der Waals surface area contributed by atoms with Gasteiger partial charge >= 0.3 is 0 Å². The second-order valence-corrected chi connectivity index (χ2v) is 5.88. The Hall–Kier alpha value is -0.120. The lowest BCUT2D eigenvalue weighted by Gasteiger charge is -2.35. The molecule has 17 heavy (non-hydrogen) atoms. The number of rotatable bonds is 5. The number of piperazine rings is 1. The molecule has 1 saturated heterocycles. The Bertz CT molecular complexity index is 214. The summed E-state index contributed by atoms with van der Waals surface area (Å²) in [6.45, 7) is 10.1. The Morgan fingerprint density at radius 1 is 1.29 bits per heavy atom. The summed E-state index contributed by atoms with van der Waals surface area (Å²) in [5.74, 6) is 0.730. The van der Waals surface area contributed by atoms with Crippen molar-refractivity contribution in [2.24, 2.45) is 5.92 Å². The fourth-order valence-electron chi connectivity index (χ4n) is 2.90. The lowest BCUT2D eigenvalue weighted by Crippen LogP contribution is -2.53. The van der Waals surface area contributed by atoms with Crippen molar-refractivity contribution in [2.75, 3.05) is 32.8 Å². The summed E-state index contributed by atoms with van der Waals surface area (Å²) in [6.07, 6.45) is 5.88. The second-order valence-electron chi connectivity index (χ2n) is 5.88. The highest BCUT2D eigenvalue weighted by Gasteiger charge is 2.22. The topological polar surface area (TPSA) is 24.5 Å². The maximum atomic E-state index is 5.94. The van der Waals surface area contributed by atoms with Crippen LogP contribution in [0.1, 0.15) is 39.5 Å². The maximum absolute atomic E-state index is 5.94. The Morgan fingerprint density at radius 3 is 2.76 bits per heavy atom. The third-order valence-corrected chi connectivity index (χ3v) is 4.16. The fourth-order valence-corrected chi connectivity index (χ4v) is 2.90. The zero-order valence-corrected chi connectivity index (χ0v) is 11.5. The van der Waals surface area contributed by atoms with E-state index in [1.807, 2.05) is 0 Å². The summed E-state index contributed by atoms with van der Waals surface area (Å²) in [7, 11) is 0. The van der Waals surface area contributed by atoms with Gasteiger partial charge in [0.1, 0.15) is 0 Å². The Kier molecular flexibility index (Phi) is 5.26. The van der Waals surface area contributed by atoms with Crippen LogP contribution >= 0.6 is 0 Å². The van der Waals surface area contributed by atoms with E-state index in [0.717, 1.165) is 25.6 Å². The number of ether oxygens (including phenoxy) is 1. The molecule has 1 heterocycles. The number of hydrogen-bond donors (Lipinski definition) is 1. The lowest BCUT2D eigenvalue weighted by molar-refractivity contribution is 0.0350. The Balaban J connectivity index is 1.61. The number of nitrogens with one attached hydrogen (secondary N) is 1. The highest BCUT2D eigenvalue weighted by Crippen LogP contribution is 2.20. The van der Waals surface area contributed by atoms with Gasteiger partial charge < -0.3 is 10.1 Å². The van der Waals surface area contributed by atoms with Crippen molar-refractivity contribution in [3.63, 3.8) is 0 Å². The summed E-state index contributed by atoms with van der Waals surface area (Å²) in [5, 5.41) is 3.60. The minimum atomic E-state index is 0.568. The van der Waals surface area contributed by atoms with Crippen LogP contribution in [0.25, 0.3) is 0 Å². The van der Waals surface area contributed by atoms with Crippen LogP contribution in [-0.4, -0.2) is 49.8 Å². The molecule has 0 aromatic rings. The summed E-state index contributed by atoms with van der Waals surface area (Å²) >= 11 is 0. The van der Waals surface area contributed by atoms with E-state index in [9.17, 15) is 0 Å². The van der Waals surface area contributed by atoms with Gasteiger partial charge in [-0.15, -0.1) is 0 Å². The molecule has 100 valence electrons. The van der Waals surface area contributed by atoms with E-state index >= 15 is 0 Å². The van der Waals surface area contributed by atoms with Gasteiger partial charge in [-0.1, -0.05) is 26.7 Å². The first-order chi connectivity index (χ1) is 8.25. The lowest BCUT2D eigenvalue weighted by atomic mass is 10.0. The molecule has 1 saturated carbocycles. The van der Waals surface area contributed by atoms with Gasteiger partial charge in [0, 0.05) is 32.2 Å². The van der Waals surface area contributed by atoms with Crippen molar-refractivity contribution in [2.45, 2.75) is 51.7 Å². The van der Waals surface area contributed by atoms with Crippen molar-refractivity contribution < 1.29 is 4.74 Å². The zero-order valence-electron chi connectivity index (χ0n) is 11.5. The first-order valence-electron chi connectivity index (χ1n) is 7.33. The highest BCUT2D eigenvalue weighted by atomic mass is 16.5. The second kappa shape index (κ2) is 6.72. The molecule has 0 aromatic carbocycles. The summed E-state index contributed by atoms with van der Waals surface area (Å²) < 4.78 is 5.94. The van der Waals surface area contributed by atoms with Gasteiger partial charge in [0.25, 0.3) is 0 Å². The van der Waals surface area contributed by atoms with Crippen molar-refractivity contribution in [3.05, 3.63) is 0 Å². The van der Waals surface area contributed by atoms with Crippen LogP contribution in [-0.2, 0) is 4.74 Å². The van der Waals surface area contributed by atoms with Crippen molar-refractivity contribution in [1.82, 2.24) is 10.2 Å². The van der Waals surface area contributed by atoms with Crippen LogP contribution in [0.15, 0.2) is 0 Å². The minimum Gasteiger partial charge on any atom is -0.377 e. The molecular weight excluding hydrogens is 212 g/mol. The molecule has 0 aromatic heterocycles. The number of hydrogen-bond acceptors (Lipinski definition) is 3. The molecule has 1 N–H and O–H groups in total. The van der Waals surface area contributed by atoms with Gasteiger partial charge in [-0.25, -0.2) is 0 Å². The van der Waals surface area contributed by atoms with Crippen LogP contribution in [0, 0.1) is 5.92 Å². The normalized spacial score (nSPS) is 28.1. The highest BCUT2D eigenvalue weighted by molar-refractivity contribution is 4.80. The van der Waals surface area contributed by atoms with E-state index in [1.165, 1.54) is 38.8 Å². The van der Waals surface area contributed by atoms with Crippen molar-refractivity contribution in [3.8, 4) is 0 Å². The summed E-state index contributed by atoms with van der Waals surface area (Å²) in [4.78, 5) is 2.55. The van der Waals surface area contributed by atoms with Gasteiger partial charge in [-0.2, -0.15) is 0 Å².